The largest absolute Gasteiger partial charge is 0.481 e. The van der Waals surface area contributed by atoms with Crippen molar-refractivity contribution in [1.29, 1.82) is 5.26 Å². The van der Waals surface area contributed by atoms with Crippen LogP contribution in [0, 0.1) is 11.3 Å². The van der Waals surface area contributed by atoms with Crippen molar-refractivity contribution in [2.24, 2.45) is 0 Å². The van der Waals surface area contributed by atoms with Gasteiger partial charge < -0.3 is 10.8 Å². The SMILES string of the molecule is C[C@]1(C(=O)O)CCCc2sc(N)c(C#N)c21. The number of anilines is 1. The number of carbonyl (C=O) groups is 1. The van der Waals surface area contributed by atoms with Gasteiger partial charge in [-0.2, -0.15) is 5.26 Å². The number of nitriles is 1. The number of aryl methyl sites for hydroxylation is 1. The van der Waals surface area contributed by atoms with Crippen LogP contribution in [0.15, 0.2) is 0 Å². The Hall–Kier alpha value is -1.54. The van der Waals surface area contributed by atoms with E-state index in [0.717, 1.165) is 17.7 Å². The lowest BCUT2D eigenvalue weighted by atomic mass is 9.72. The first-order valence-electron chi connectivity index (χ1n) is 5.06. The van der Waals surface area contributed by atoms with E-state index in [9.17, 15) is 9.90 Å². The van der Waals surface area contributed by atoms with Gasteiger partial charge in [-0.25, -0.2) is 0 Å². The van der Waals surface area contributed by atoms with Crippen molar-refractivity contribution < 1.29 is 9.90 Å². The van der Waals surface area contributed by atoms with Gasteiger partial charge in [0.1, 0.15) is 11.1 Å². The van der Waals surface area contributed by atoms with Crippen molar-refractivity contribution in [1.82, 2.24) is 0 Å². The molecule has 0 bridgehead atoms. The maximum absolute atomic E-state index is 11.4. The zero-order valence-corrected chi connectivity index (χ0v) is 9.73. The summed E-state index contributed by atoms with van der Waals surface area (Å²) in [5.41, 5.74) is 5.82. The molecule has 0 spiro atoms. The molecular weight excluding hydrogens is 224 g/mol. The Morgan fingerprint density at radius 3 is 2.94 bits per heavy atom. The number of rotatable bonds is 1. The summed E-state index contributed by atoms with van der Waals surface area (Å²) in [7, 11) is 0. The van der Waals surface area contributed by atoms with Gasteiger partial charge >= 0.3 is 5.97 Å². The zero-order chi connectivity index (χ0) is 11.9. The fourth-order valence-corrected chi connectivity index (χ4v) is 3.50. The Bertz CT molecular complexity index is 501. The number of carboxylic acid groups (broad SMARTS) is 1. The Morgan fingerprint density at radius 2 is 2.38 bits per heavy atom. The minimum atomic E-state index is -0.952. The number of nitrogens with two attached hydrogens (primary N) is 1. The maximum atomic E-state index is 11.4. The molecule has 0 amide bonds. The van der Waals surface area contributed by atoms with E-state index in [1.807, 2.05) is 6.07 Å². The van der Waals surface area contributed by atoms with Gasteiger partial charge in [-0.3, -0.25) is 4.79 Å². The maximum Gasteiger partial charge on any atom is 0.313 e. The third-order valence-corrected chi connectivity index (χ3v) is 4.30. The number of hydrogen-bond donors (Lipinski definition) is 2. The van der Waals surface area contributed by atoms with Crippen molar-refractivity contribution in [2.75, 3.05) is 5.73 Å². The highest BCUT2D eigenvalue weighted by atomic mass is 32.1. The van der Waals surface area contributed by atoms with E-state index in [4.69, 9.17) is 11.0 Å². The number of carboxylic acids is 1. The van der Waals surface area contributed by atoms with Crippen LogP contribution in [0.2, 0.25) is 0 Å². The van der Waals surface area contributed by atoms with Gasteiger partial charge in [-0.05, 0) is 26.2 Å². The summed E-state index contributed by atoms with van der Waals surface area (Å²) < 4.78 is 0. The molecule has 16 heavy (non-hydrogen) atoms. The predicted molar refractivity (Wildman–Crippen MR) is 61.4 cm³/mol. The summed E-state index contributed by atoms with van der Waals surface area (Å²) in [5.74, 6) is -0.872. The van der Waals surface area contributed by atoms with Crippen LogP contribution in [0.4, 0.5) is 5.00 Å². The van der Waals surface area contributed by atoms with Crippen LogP contribution >= 0.6 is 11.3 Å². The van der Waals surface area contributed by atoms with Crippen LogP contribution in [0.3, 0.4) is 0 Å². The van der Waals surface area contributed by atoms with Crippen LogP contribution in [0.25, 0.3) is 0 Å². The number of aliphatic carboxylic acids is 1. The second-order valence-corrected chi connectivity index (χ2v) is 5.38. The Morgan fingerprint density at radius 1 is 1.69 bits per heavy atom. The molecule has 2 rings (SSSR count). The topological polar surface area (TPSA) is 87.1 Å². The van der Waals surface area contributed by atoms with Crippen LogP contribution in [-0.4, -0.2) is 11.1 Å². The standard InChI is InChI=1S/C11H12N2O2S/c1-11(10(14)15)4-2-3-7-8(11)6(5-12)9(13)16-7/h2-4,13H2,1H3,(H,14,15)/t11-/m0/s1. The number of nitrogens with zero attached hydrogens (tertiary/aromatic N) is 1. The summed E-state index contributed by atoms with van der Waals surface area (Å²) in [5, 5.41) is 18.8. The van der Waals surface area contributed by atoms with Gasteiger partial charge in [0.05, 0.1) is 11.0 Å². The predicted octanol–water partition coefficient (Wildman–Crippen LogP) is 1.88. The number of nitrogen functional groups attached to an aromatic ring is 1. The first kappa shape index (κ1) is 11.0. The molecule has 1 heterocycles. The highest BCUT2D eigenvalue weighted by Crippen LogP contribution is 2.45. The normalized spacial score (nSPS) is 23.5. The summed E-state index contributed by atoms with van der Waals surface area (Å²) in [6.45, 7) is 1.68. The third kappa shape index (κ3) is 1.30. The molecule has 0 fully saturated rings. The fraction of sp³-hybridized carbons (Fsp3) is 0.455. The molecule has 4 nitrogen and oxygen atoms in total. The van der Waals surface area contributed by atoms with Gasteiger partial charge in [-0.15, -0.1) is 11.3 Å². The molecule has 5 heteroatoms. The molecule has 84 valence electrons. The molecule has 0 saturated carbocycles. The molecule has 0 saturated heterocycles. The van der Waals surface area contributed by atoms with Crippen LogP contribution < -0.4 is 5.73 Å². The first-order chi connectivity index (χ1) is 7.50. The summed E-state index contributed by atoms with van der Waals surface area (Å²) >= 11 is 1.35. The van der Waals surface area contributed by atoms with Crippen LogP contribution in [-0.2, 0) is 16.6 Å². The molecule has 0 unspecified atom stereocenters. The van der Waals surface area contributed by atoms with Gasteiger partial charge in [-0.1, -0.05) is 0 Å². The lowest BCUT2D eigenvalue weighted by molar-refractivity contribution is -0.143. The lowest BCUT2D eigenvalue weighted by Crippen LogP contribution is -2.36. The average Bonchev–Trinajstić information content (AvgIpc) is 2.55. The molecule has 0 radical (unpaired) electrons. The Kier molecular flexibility index (Phi) is 2.39. The summed E-state index contributed by atoms with van der Waals surface area (Å²) in [6.07, 6.45) is 2.23. The minimum absolute atomic E-state index is 0.365. The van der Waals surface area contributed by atoms with E-state index in [2.05, 4.69) is 0 Å². The van der Waals surface area contributed by atoms with E-state index in [0.29, 0.717) is 22.5 Å². The number of thiophene rings is 1. The van der Waals surface area contributed by atoms with Crippen molar-refractivity contribution in [3.8, 4) is 6.07 Å². The van der Waals surface area contributed by atoms with Crippen molar-refractivity contribution in [3.05, 3.63) is 16.0 Å². The van der Waals surface area contributed by atoms with Gasteiger partial charge in [0.15, 0.2) is 0 Å². The summed E-state index contributed by atoms with van der Waals surface area (Å²) in [4.78, 5) is 12.3. The quantitative estimate of drug-likeness (QED) is 0.779. The molecule has 0 aromatic carbocycles. The third-order valence-electron chi connectivity index (χ3n) is 3.22. The van der Waals surface area contributed by atoms with Crippen molar-refractivity contribution in [3.63, 3.8) is 0 Å². The minimum Gasteiger partial charge on any atom is -0.481 e. The van der Waals surface area contributed by atoms with Crippen LogP contribution in [0.5, 0.6) is 0 Å². The lowest BCUT2D eigenvalue weighted by Gasteiger charge is -2.29. The van der Waals surface area contributed by atoms with E-state index in [1.165, 1.54) is 11.3 Å². The van der Waals surface area contributed by atoms with E-state index in [-0.39, 0.29) is 0 Å². The molecular formula is C11H12N2O2S. The van der Waals surface area contributed by atoms with Crippen molar-refractivity contribution >= 4 is 22.3 Å². The fourth-order valence-electron chi connectivity index (χ4n) is 2.31. The summed E-state index contributed by atoms with van der Waals surface area (Å²) in [6, 6.07) is 2.04. The van der Waals surface area contributed by atoms with E-state index < -0.39 is 11.4 Å². The average molecular weight is 236 g/mol. The zero-order valence-electron chi connectivity index (χ0n) is 8.91. The molecule has 1 aliphatic rings. The van der Waals surface area contributed by atoms with Crippen LogP contribution in [0.1, 0.15) is 35.8 Å². The van der Waals surface area contributed by atoms with E-state index in [1.54, 1.807) is 6.92 Å². The highest BCUT2D eigenvalue weighted by Gasteiger charge is 2.42. The van der Waals surface area contributed by atoms with Gasteiger partial charge in [0.25, 0.3) is 0 Å². The number of fused-ring (bicyclic) bond motifs is 1. The first-order valence-corrected chi connectivity index (χ1v) is 5.87. The monoisotopic (exact) mass is 236 g/mol. The highest BCUT2D eigenvalue weighted by molar-refractivity contribution is 7.16. The molecule has 1 atom stereocenters. The molecule has 1 aliphatic carbocycles. The Labute approximate surface area is 97.3 Å². The van der Waals surface area contributed by atoms with Crippen molar-refractivity contribution in [2.45, 2.75) is 31.6 Å². The molecule has 1 aromatic rings. The van der Waals surface area contributed by atoms with E-state index >= 15 is 0 Å². The Balaban J connectivity index is 2.71. The smallest absolute Gasteiger partial charge is 0.313 e. The van der Waals surface area contributed by atoms with Gasteiger partial charge in [0, 0.05) is 10.4 Å². The molecule has 0 aliphatic heterocycles. The second-order valence-electron chi connectivity index (χ2n) is 4.24. The van der Waals surface area contributed by atoms with Gasteiger partial charge in [0.2, 0.25) is 0 Å². The molecule has 1 aromatic heterocycles. The molecule has 3 N–H and O–H groups in total. The second kappa shape index (κ2) is 3.49. The number of hydrogen-bond acceptors (Lipinski definition) is 4.